The van der Waals surface area contributed by atoms with Crippen LogP contribution in [0.4, 0.5) is 0 Å². The fraction of sp³-hybridized carbons (Fsp3) is 0.963. The zero-order chi connectivity index (χ0) is 31.3. The molecular weight excluding hydrogens is 568 g/mol. The van der Waals surface area contributed by atoms with Gasteiger partial charge in [0.1, 0.15) is 30.5 Å². The number of rotatable bonds is 13. The maximum Gasteiger partial charge on any atom is 0.217 e. The molecule has 15 N–H and O–H groups in total. The van der Waals surface area contributed by atoms with Crippen LogP contribution < -0.4 is 34.4 Å². The summed E-state index contributed by atoms with van der Waals surface area (Å²) in [5.74, 6) is -0.803. The van der Waals surface area contributed by atoms with E-state index in [1.165, 1.54) is 0 Å². The maximum absolute atomic E-state index is 11.5. The number of hydrogen-bond acceptors (Lipinski definition) is 15. The summed E-state index contributed by atoms with van der Waals surface area (Å²) in [6.45, 7) is 0.0887. The third-order valence-corrected chi connectivity index (χ3v) is 9.00. The second kappa shape index (κ2) is 16.0. The van der Waals surface area contributed by atoms with Crippen LogP contribution in [-0.2, 0) is 33.2 Å². The van der Waals surface area contributed by atoms with Gasteiger partial charge in [-0.1, -0.05) is 0 Å². The predicted molar refractivity (Wildman–Crippen MR) is 151 cm³/mol. The number of ether oxygens (including phenoxy) is 6. The van der Waals surface area contributed by atoms with Gasteiger partial charge in [0.15, 0.2) is 18.9 Å². The summed E-state index contributed by atoms with van der Waals surface area (Å²) in [6, 6.07) is -1.55. The molecule has 250 valence electrons. The number of hydrogen-bond donors (Lipinski definition) is 9. The molecule has 43 heavy (non-hydrogen) atoms. The second-order valence-corrected chi connectivity index (χ2v) is 12.2. The van der Waals surface area contributed by atoms with Crippen molar-refractivity contribution in [2.45, 2.75) is 137 Å². The van der Waals surface area contributed by atoms with Crippen molar-refractivity contribution in [3.05, 3.63) is 0 Å². The summed E-state index contributed by atoms with van der Waals surface area (Å²) in [4.78, 5) is 11.3. The van der Waals surface area contributed by atoms with Crippen molar-refractivity contribution >= 4 is 5.91 Å². The summed E-state index contributed by atoms with van der Waals surface area (Å²) < 4.78 is 36.3. The van der Waals surface area contributed by atoms with Crippen molar-refractivity contribution in [3.63, 3.8) is 0 Å². The summed E-state index contributed by atoms with van der Waals surface area (Å²) in [6.07, 6.45) is -6.05. The molecule has 1 saturated carbocycles. The molecule has 0 bridgehead atoms. The highest BCUT2D eigenvalue weighted by atomic mass is 16.8. The highest BCUT2D eigenvalue weighted by molar-refractivity contribution is 5.73. The van der Waals surface area contributed by atoms with Gasteiger partial charge in [-0.2, -0.15) is 0 Å². The van der Waals surface area contributed by atoms with E-state index in [9.17, 15) is 20.1 Å². The van der Waals surface area contributed by atoms with Gasteiger partial charge in [0.2, 0.25) is 5.91 Å². The monoisotopic (exact) mass is 620 g/mol. The molecule has 0 radical (unpaired) electrons. The van der Waals surface area contributed by atoms with E-state index in [1.54, 1.807) is 0 Å². The molecule has 16 nitrogen and oxygen atoms in total. The van der Waals surface area contributed by atoms with Crippen molar-refractivity contribution in [1.82, 2.24) is 0 Å². The van der Waals surface area contributed by atoms with Crippen LogP contribution in [0.2, 0.25) is 0 Å². The molecule has 4 rings (SSSR count). The van der Waals surface area contributed by atoms with E-state index in [0.29, 0.717) is 51.5 Å². The highest BCUT2D eigenvalue weighted by Gasteiger charge is 2.52. The van der Waals surface area contributed by atoms with Crippen molar-refractivity contribution in [2.75, 3.05) is 19.7 Å². The van der Waals surface area contributed by atoms with E-state index in [4.69, 9.17) is 62.8 Å². The fourth-order valence-corrected chi connectivity index (χ4v) is 6.45. The van der Waals surface area contributed by atoms with Crippen LogP contribution >= 0.6 is 0 Å². The Balaban J connectivity index is 1.50. The lowest BCUT2D eigenvalue weighted by molar-refractivity contribution is -0.291. The Morgan fingerprint density at radius 2 is 1.30 bits per heavy atom. The Morgan fingerprint density at radius 1 is 0.744 bits per heavy atom. The van der Waals surface area contributed by atoms with Crippen molar-refractivity contribution < 1.29 is 48.5 Å². The molecular formula is C27H52N6O10. The fourth-order valence-electron chi connectivity index (χ4n) is 6.45. The van der Waals surface area contributed by atoms with Crippen LogP contribution in [0.15, 0.2) is 0 Å². The van der Waals surface area contributed by atoms with Gasteiger partial charge in [-0.3, -0.25) is 4.79 Å². The lowest BCUT2D eigenvalue weighted by Crippen LogP contribution is -2.62. The number of carbonyl (C=O) groups excluding carboxylic acids is 1. The average molecular weight is 621 g/mol. The highest BCUT2D eigenvalue weighted by Crippen LogP contribution is 2.37. The van der Waals surface area contributed by atoms with Gasteiger partial charge in [0.05, 0.1) is 37.0 Å². The van der Waals surface area contributed by atoms with Crippen LogP contribution in [0.3, 0.4) is 0 Å². The van der Waals surface area contributed by atoms with Gasteiger partial charge in [0.25, 0.3) is 0 Å². The lowest BCUT2D eigenvalue weighted by Gasteiger charge is -2.46. The number of aliphatic hydroxyl groups excluding tert-OH is 3. The van der Waals surface area contributed by atoms with Crippen molar-refractivity contribution in [3.8, 4) is 0 Å². The zero-order valence-corrected chi connectivity index (χ0v) is 24.6. The van der Waals surface area contributed by atoms with Crippen LogP contribution in [0.25, 0.3) is 0 Å². The zero-order valence-electron chi connectivity index (χ0n) is 24.6. The van der Waals surface area contributed by atoms with Gasteiger partial charge < -0.3 is 78.1 Å². The first-order valence-electron chi connectivity index (χ1n) is 15.4. The van der Waals surface area contributed by atoms with E-state index in [2.05, 4.69) is 0 Å². The van der Waals surface area contributed by atoms with Gasteiger partial charge in [-0.15, -0.1) is 0 Å². The summed E-state index contributed by atoms with van der Waals surface area (Å²) >= 11 is 0. The average Bonchev–Trinajstić information content (AvgIpc) is 3.28. The van der Waals surface area contributed by atoms with Crippen molar-refractivity contribution in [1.29, 1.82) is 0 Å². The molecule has 0 aromatic carbocycles. The number of aliphatic hydroxyl groups is 3. The molecule has 16 heteroatoms. The van der Waals surface area contributed by atoms with E-state index >= 15 is 0 Å². The topological polar surface area (TPSA) is 289 Å². The smallest absolute Gasteiger partial charge is 0.217 e. The van der Waals surface area contributed by atoms with Crippen molar-refractivity contribution in [2.24, 2.45) is 40.3 Å². The van der Waals surface area contributed by atoms with Gasteiger partial charge in [-0.05, 0) is 50.9 Å². The standard InChI is InChI=1S/C27H52N6O10/c28-9-13-4-6-15(30)25(38-13)41-22-17(32)8-12(2-1-3-19(33)35)20(36)24(22)43-27-21(37)23(18(11-34)40-27)42-26-16(31)7-5-14(10-29)39-26/h12-18,20-27,34,36-37H,1-11,28-32H2,(H2,33,35)/t12-,13+,14-,15-,16-,17+,18-,20+,21-,22-,23-,24-,25-,26-,27+/m1/s1. The molecule has 4 aliphatic rings. The molecule has 3 heterocycles. The minimum atomic E-state index is -1.39. The second-order valence-electron chi connectivity index (χ2n) is 12.2. The van der Waals surface area contributed by atoms with E-state index in [1.807, 2.05) is 0 Å². The van der Waals surface area contributed by atoms with Crippen LogP contribution in [-0.4, -0.2) is 127 Å². The molecule has 4 fully saturated rings. The minimum Gasteiger partial charge on any atom is -0.394 e. The number of amides is 1. The molecule has 0 unspecified atom stereocenters. The predicted octanol–water partition coefficient (Wildman–Crippen LogP) is -3.83. The molecule has 0 aromatic rings. The van der Waals surface area contributed by atoms with Crippen LogP contribution in [0, 0.1) is 5.92 Å². The summed E-state index contributed by atoms with van der Waals surface area (Å²) in [7, 11) is 0. The van der Waals surface area contributed by atoms with E-state index in [0.717, 1.165) is 0 Å². The maximum atomic E-state index is 11.5. The third-order valence-electron chi connectivity index (χ3n) is 9.00. The normalized spacial score (nSPS) is 45.7. The Labute approximate surface area is 251 Å². The van der Waals surface area contributed by atoms with Crippen LogP contribution in [0.5, 0.6) is 0 Å². The minimum absolute atomic E-state index is 0.160. The summed E-state index contributed by atoms with van der Waals surface area (Å²) in [5, 5.41) is 32.9. The first kappa shape index (κ1) is 34.8. The number of primary amides is 1. The Kier molecular flexibility index (Phi) is 12.9. The van der Waals surface area contributed by atoms with Gasteiger partial charge in [0, 0.05) is 25.6 Å². The largest absolute Gasteiger partial charge is 0.394 e. The first-order chi connectivity index (χ1) is 20.6. The molecule has 15 atom stereocenters. The van der Waals surface area contributed by atoms with E-state index in [-0.39, 0.29) is 31.1 Å². The number of nitrogens with two attached hydrogens (primary N) is 6. The Morgan fingerprint density at radius 3 is 1.84 bits per heavy atom. The molecule has 1 aliphatic carbocycles. The lowest BCUT2D eigenvalue weighted by atomic mass is 9.77. The molecule has 3 saturated heterocycles. The Hall–Kier alpha value is -1.09. The third kappa shape index (κ3) is 8.59. The van der Waals surface area contributed by atoms with Gasteiger partial charge in [-0.25, -0.2) is 0 Å². The number of carbonyl (C=O) groups is 1. The van der Waals surface area contributed by atoms with Crippen LogP contribution in [0.1, 0.15) is 51.4 Å². The Bertz CT molecular complexity index is 880. The summed E-state index contributed by atoms with van der Waals surface area (Å²) in [5.41, 5.74) is 36.0. The quantitative estimate of drug-likeness (QED) is 0.0953. The molecule has 0 aromatic heterocycles. The molecule has 3 aliphatic heterocycles. The first-order valence-corrected chi connectivity index (χ1v) is 15.4. The van der Waals surface area contributed by atoms with Gasteiger partial charge >= 0.3 is 0 Å². The molecule has 0 spiro atoms. The van der Waals surface area contributed by atoms with E-state index < -0.39 is 86.1 Å². The molecule has 1 amide bonds. The SMILES string of the molecule is NC[C@@H]1CC[C@@H](N)[C@@H](O[C@H]2[C@H](O[C@@H]3O[C@H](CO)[C@@H](O[C@H]4O[C@@H](CN)CC[C@H]4N)[C@H]3O)[C@@H](O)[C@H](CCCC(N)=O)C[C@@H]2N)O1.